The summed E-state index contributed by atoms with van der Waals surface area (Å²) in [5.41, 5.74) is 2.87. The summed E-state index contributed by atoms with van der Waals surface area (Å²) in [5.74, 6) is 0.747. The molecule has 0 unspecified atom stereocenters. The van der Waals surface area contributed by atoms with Crippen molar-refractivity contribution in [3.63, 3.8) is 0 Å². The molecule has 1 nitrogen and oxygen atoms in total. The van der Waals surface area contributed by atoms with Gasteiger partial charge in [0, 0.05) is 0 Å². The maximum absolute atomic E-state index is 12.7. The zero-order valence-electron chi connectivity index (χ0n) is 12.8. The molecule has 0 N–H and O–H groups in total. The highest BCUT2D eigenvalue weighted by atomic mass is 19.1. The Morgan fingerprint density at radius 3 is 2.48 bits per heavy atom. The molecule has 0 radical (unpaired) electrons. The van der Waals surface area contributed by atoms with Gasteiger partial charge in [-0.05, 0) is 74.0 Å². The van der Waals surface area contributed by atoms with E-state index in [0.29, 0.717) is 18.3 Å². The van der Waals surface area contributed by atoms with E-state index in [9.17, 15) is 4.39 Å². The first-order valence-electron chi connectivity index (χ1n) is 8.07. The predicted octanol–water partition coefficient (Wildman–Crippen LogP) is 5.68. The van der Waals surface area contributed by atoms with Gasteiger partial charge in [-0.3, -0.25) is 0 Å². The molecule has 1 fully saturated rings. The Labute approximate surface area is 127 Å². The molecule has 0 bridgehead atoms. The van der Waals surface area contributed by atoms with Gasteiger partial charge in [0.2, 0.25) is 0 Å². The average Bonchev–Trinajstić information content (AvgIpc) is 2.55. The zero-order chi connectivity index (χ0) is 15.1. The molecule has 21 heavy (non-hydrogen) atoms. The first-order chi connectivity index (χ1) is 10.2. The lowest BCUT2D eigenvalue weighted by Gasteiger charge is -2.28. The standard InChI is InChI=1S/C19H24FN/c1-2-15-6-10-17(11-7-15)18-12-8-16(9-13-18)4-3-5-19(20)14-21/h5-7,10-11,16,18H,2-4,8-9,12-13H2,1H3/b19-5-/t16-,18-. The Bertz CT molecular complexity index is 501. The second kappa shape index (κ2) is 7.98. The van der Waals surface area contributed by atoms with Crippen LogP contribution in [0.25, 0.3) is 0 Å². The molecule has 0 atom stereocenters. The average molecular weight is 285 g/mol. The number of rotatable bonds is 5. The molecule has 0 amide bonds. The fourth-order valence-corrected chi connectivity index (χ4v) is 3.30. The summed E-state index contributed by atoms with van der Waals surface area (Å²) in [6.07, 6.45) is 9.15. The van der Waals surface area contributed by atoms with Crippen molar-refractivity contribution >= 4 is 0 Å². The van der Waals surface area contributed by atoms with Crippen LogP contribution in [0.4, 0.5) is 4.39 Å². The van der Waals surface area contributed by atoms with Crippen molar-refractivity contribution in [2.24, 2.45) is 5.92 Å². The Kier molecular flexibility index (Phi) is 5.99. The van der Waals surface area contributed by atoms with Crippen LogP contribution in [0, 0.1) is 17.2 Å². The van der Waals surface area contributed by atoms with E-state index < -0.39 is 5.83 Å². The number of aryl methyl sites for hydroxylation is 1. The molecule has 1 saturated carbocycles. The molecule has 0 spiro atoms. The minimum atomic E-state index is -0.639. The number of allylic oxidation sites excluding steroid dienone is 2. The van der Waals surface area contributed by atoms with E-state index in [4.69, 9.17) is 5.26 Å². The predicted molar refractivity (Wildman–Crippen MR) is 84.6 cm³/mol. The highest BCUT2D eigenvalue weighted by Gasteiger charge is 2.21. The smallest absolute Gasteiger partial charge is 0.195 e. The van der Waals surface area contributed by atoms with Crippen LogP contribution < -0.4 is 0 Å². The third kappa shape index (κ3) is 4.70. The molecule has 2 rings (SSSR count). The highest BCUT2D eigenvalue weighted by molar-refractivity contribution is 5.25. The number of hydrogen-bond donors (Lipinski definition) is 0. The van der Waals surface area contributed by atoms with Gasteiger partial charge in [-0.1, -0.05) is 31.2 Å². The minimum absolute atomic E-state index is 0.639. The van der Waals surface area contributed by atoms with E-state index in [1.165, 1.54) is 49.0 Å². The summed E-state index contributed by atoms with van der Waals surface area (Å²) in [6.45, 7) is 2.18. The number of halogens is 1. The third-order valence-electron chi connectivity index (χ3n) is 4.71. The molecule has 0 aliphatic heterocycles. The number of benzene rings is 1. The lowest BCUT2D eigenvalue weighted by atomic mass is 9.77. The largest absolute Gasteiger partial charge is 0.196 e. The summed E-state index contributed by atoms with van der Waals surface area (Å²) in [7, 11) is 0. The van der Waals surface area contributed by atoms with Gasteiger partial charge in [0.15, 0.2) is 5.83 Å². The molecule has 1 aromatic carbocycles. The van der Waals surface area contributed by atoms with E-state index >= 15 is 0 Å². The molecule has 2 heteroatoms. The fraction of sp³-hybridized carbons (Fsp3) is 0.526. The van der Waals surface area contributed by atoms with Gasteiger partial charge < -0.3 is 0 Å². The molecule has 0 saturated heterocycles. The van der Waals surface area contributed by atoms with E-state index in [-0.39, 0.29) is 0 Å². The molecular formula is C19H24FN. The van der Waals surface area contributed by atoms with Crippen LogP contribution in [-0.2, 0) is 6.42 Å². The van der Waals surface area contributed by atoms with Crippen molar-refractivity contribution in [3.8, 4) is 6.07 Å². The Morgan fingerprint density at radius 2 is 1.90 bits per heavy atom. The second-order valence-corrected chi connectivity index (χ2v) is 6.05. The molecule has 0 heterocycles. The first kappa shape index (κ1) is 15.8. The third-order valence-corrected chi connectivity index (χ3v) is 4.71. The maximum Gasteiger partial charge on any atom is 0.196 e. The summed E-state index contributed by atoms with van der Waals surface area (Å²) in [6, 6.07) is 10.6. The van der Waals surface area contributed by atoms with Crippen molar-refractivity contribution < 1.29 is 4.39 Å². The van der Waals surface area contributed by atoms with E-state index in [1.807, 2.05) is 0 Å². The van der Waals surface area contributed by atoms with Gasteiger partial charge >= 0.3 is 0 Å². The maximum atomic E-state index is 12.7. The van der Waals surface area contributed by atoms with Crippen LogP contribution in [0.3, 0.4) is 0 Å². The number of hydrogen-bond acceptors (Lipinski definition) is 1. The number of nitriles is 1. The topological polar surface area (TPSA) is 23.8 Å². The summed E-state index contributed by atoms with van der Waals surface area (Å²) >= 11 is 0. The first-order valence-corrected chi connectivity index (χ1v) is 8.07. The molecule has 1 aliphatic rings. The minimum Gasteiger partial charge on any atom is -0.195 e. The highest BCUT2D eigenvalue weighted by Crippen LogP contribution is 2.37. The van der Waals surface area contributed by atoms with Crippen molar-refractivity contribution in [3.05, 3.63) is 47.3 Å². The lowest BCUT2D eigenvalue weighted by molar-refractivity contribution is 0.311. The summed E-state index contributed by atoms with van der Waals surface area (Å²) in [4.78, 5) is 0. The van der Waals surface area contributed by atoms with Crippen molar-refractivity contribution in [1.29, 1.82) is 5.26 Å². The van der Waals surface area contributed by atoms with Crippen LogP contribution in [0.15, 0.2) is 36.2 Å². The van der Waals surface area contributed by atoms with Crippen LogP contribution in [0.2, 0.25) is 0 Å². The van der Waals surface area contributed by atoms with Gasteiger partial charge in [0.25, 0.3) is 0 Å². The molecular weight excluding hydrogens is 261 g/mol. The van der Waals surface area contributed by atoms with E-state index in [0.717, 1.165) is 12.8 Å². The monoisotopic (exact) mass is 285 g/mol. The van der Waals surface area contributed by atoms with E-state index in [1.54, 1.807) is 0 Å². The van der Waals surface area contributed by atoms with Crippen molar-refractivity contribution in [2.45, 2.75) is 57.8 Å². The van der Waals surface area contributed by atoms with E-state index in [2.05, 4.69) is 31.2 Å². The van der Waals surface area contributed by atoms with Crippen molar-refractivity contribution in [2.75, 3.05) is 0 Å². The van der Waals surface area contributed by atoms with Gasteiger partial charge in [0.05, 0.1) is 0 Å². The van der Waals surface area contributed by atoms with Crippen LogP contribution in [0.1, 0.15) is 62.5 Å². The molecule has 0 aromatic heterocycles. The number of nitrogens with zero attached hydrogens (tertiary/aromatic N) is 1. The summed E-state index contributed by atoms with van der Waals surface area (Å²) in [5, 5.41) is 8.38. The quantitative estimate of drug-likeness (QED) is 0.638. The van der Waals surface area contributed by atoms with Crippen LogP contribution in [-0.4, -0.2) is 0 Å². The zero-order valence-corrected chi connectivity index (χ0v) is 12.8. The Hall–Kier alpha value is -1.62. The van der Waals surface area contributed by atoms with Crippen molar-refractivity contribution in [1.82, 2.24) is 0 Å². The fourth-order valence-electron chi connectivity index (χ4n) is 3.30. The van der Waals surface area contributed by atoms with Gasteiger partial charge in [-0.25, -0.2) is 0 Å². The molecule has 112 valence electrons. The van der Waals surface area contributed by atoms with Gasteiger partial charge in [-0.15, -0.1) is 0 Å². The normalized spacial score (nSPS) is 22.8. The van der Waals surface area contributed by atoms with Crippen LogP contribution in [0.5, 0.6) is 0 Å². The van der Waals surface area contributed by atoms with Crippen LogP contribution >= 0.6 is 0 Å². The second-order valence-electron chi connectivity index (χ2n) is 6.05. The van der Waals surface area contributed by atoms with Gasteiger partial charge in [0.1, 0.15) is 6.07 Å². The SMILES string of the molecule is CCc1ccc([C@H]2CC[C@H](CC/C=C(\F)C#N)CC2)cc1. The Balaban J connectivity index is 1.78. The Morgan fingerprint density at radius 1 is 1.24 bits per heavy atom. The molecule has 1 aliphatic carbocycles. The van der Waals surface area contributed by atoms with Gasteiger partial charge in [-0.2, -0.15) is 9.65 Å². The summed E-state index contributed by atoms with van der Waals surface area (Å²) < 4.78 is 12.7. The lowest BCUT2D eigenvalue weighted by Crippen LogP contribution is -2.13. The molecule has 1 aromatic rings.